The van der Waals surface area contributed by atoms with Crippen molar-refractivity contribution >= 4 is 6.09 Å². The summed E-state index contributed by atoms with van der Waals surface area (Å²) < 4.78 is 0. The van der Waals surface area contributed by atoms with Gasteiger partial charge in [-0.15, -0.1) is 0 Å². The SMILES string of the molecule is O=C(O)NCC1CNC[C@@H]1c1ccccc1. The van der Waals surface area contributed by atoms with E-state index in [0.29, 0.717) is 18.4 Å². The van der Waals surface area contributed by atoms with E-state index in [4.69, 9.17) is 5.11 Å². The number of carbonyl (C=O) groups is 1. The van der Waals surface area contributed by atoms with Crippen LogP contribution in [-0.2, 0) is 0 Å². The molecule has 1 unspecified atom stereocenters. The molecule has 3 N–H and O–H groups in total. The van der Waals surface area contributed by atoms with E-state index in [0.717, 1.165) is 13.1 Å². The number of carboxylic acid groups (broad SMARTS) is 1. The smallest absolute Gasteiger partial charge is 0.404 e. The molecule has 2 atom stereocenters. The lowest BCUT2D eigenvalue weighted by atomic mass is 9.89. The van der Waals surface area contributed by atoms with Crippen molar-refractivity contribution in [2.45, 2.75) is 5.92 Å². The summed E-state index contributed by atoms with van der Waals surface area (Å²) in [6.07, 6.45) is -0.946. The van der Waals surface area contributed by atoms with Crippen molar-refractivity contribution in [3.8, 4) is 0 Å². The average Bonchev–Trinajstić information content (AvgIpc) is 2.75. The van der Waals surface area contributed by atoms with Crippen molar-refractivity contribution in [2.24, 2.45) is 5.92 Å². The van der Waals surface area contributed by atoms with Crippen LogP contribution in [0.5, 0.6) is 0 Å². The van der Waals surface area contributed by atoms with E-state index in [1.807, 2.05) is 18.2 Å². The van der Waals surface area contributed by atoms with Gasteiger partial charge in [0.2, 0.25) is 0 Å². The van der Waals surface area contributed by atoms with Crippen molar-refractivity contribution in [3.05, 3.63) is 35.9 Å². The second-order valence-electron chi connectivity index (χ2n) is 4.12. The summed E-state index contributed by atoms with van der Waals surface area (Å²) in [7, 11) is 0. The molecule has 1 saturated heterocycles. The highest BCUT2D eigenvalue weighted by Crippen LogP contribution is 2.27. The van der Waals surface area contributed by atoms with Crippen LogP contribution in [0.1, 0.15) is 11.5 Å². The Balaban J connectivity index is 2.01. The Kier molecular flexibility index (Phi) is 3.41. The third kappa shape index (κ3) is 2.52. The third-order valence-corrected chi connectivity index (χ3v) is 3.08. The van der Waals surface area contributed by atoms with Gasteiger partial charge in [-0.3, -0.25) is 0 Å². The molecule has 0 spiro atoms. The van der Waals surface area contributed by atoms with Crippen LogP contribution in [0.4, 0.5) is 4.79 Å². The lowest BCUT2D eigenvalue weighted by molar-refractivity contribution is 0.192. The molecule has 1 aliphatic rings. The summed E-state index contributed by atoms with van der Waals surface area (Å²) in [4.78, 5) is 10.5. The van der Waals surface area contributed by atoms with Crippen LogP contribution in [0.25, 0.3) is 0 Å². The Hall–Kier alpha value is -1.55. The first-order valence-corrected chi connectivity index (χ1v) is 5.50. The molecule has 1 amide bonds. The van der Waals surface area contributed by atoms with Gasteiger partial charge in [0.15, 0.2) is 0 Å². The van der Waals surface area contributed by atoms with Crippen LogP contribution in [0.15, 0.2) is 30.3 Å². The lowest BCUT2D eigenvalue weighted by Crippen LogP contribution is -2.30. The van der Waals surface area contributed by atoms with E-state index in [1.165, 1.54) is 5.56 Å². The zero-order chi connectivity index (χ0) is 11.4. The summed E-state index contributed by atoms with van der Waals surface area (Å²) in [5.74, 6) is 0.756. The highest BCUT2D eigenvalue weighted by molar-refractivity contribution is 5.64. The highest BCUT2D eigenvalue weighted by atomic mass is 16.4. The van der Waals surface area contributed by atoms with Gasteiger partial charge in [-0.2, -0.15) is 0 Å². The highest BCUT2D eigenvalue weighted by Gasteiger charge is 2.28. The molecule has 0 aromatic heterocycles. The summed E-state index contributed by atoms with van der Waals surface area (Å²) in [6, 6.07) is 10.2. The molecule has 0 bridgehead atoms. The van der Waals surface area contributed by atoms with Gasteiger partial charge in [0.25, 0.3) is 0 Å². The van der Waals surface area contributed by atoms with E-state index in [1.54, 1.807) is 0 Å². The molecule has 2 rings (SSSR count). The maximum absolute atomic E-state index is 10.5. The van der Waals surface area contributed by atoms with Crippen LogP contribution >= 0.6 is 0 Å². The number of nitrogens with one attached hydrogen (secondary N) is 2. The zero-order valence-corrected chi connectivity index (χ0v) is 9.02. The topological polar surface area (TPSA) is 61.4 Å². The van der Waals surface area contributed by atoms with E-state index >= 15 is 0 Å². The number of hydrogen-bond acceptors (Lipinski definition) is 2. The van der Waals surface area contributed by atoms with Crippen molar-refractivity contribution in [1.29, 1.82) is 0 Å². The molecule has 1 fully saturated rings. The first-order valence-electron chi connectivity index (χ1n) is 5.50. The Morgan fingerprint density at radius 3 is 2.81 bits per heavy atom. The van der Waals surface area contributed by atoms with Crippen molar-refractivity contribution < 1.29 is 9.90 Å². The fourth-order valence-corrected chi connectivity index (χ4v) is 2.26. The minimum atomic E-state index is -0.946. The molecule has 0 radical (unpaired) electrons. The van der Waals surface area contributed by atoms with Gasteiger partial charge in [0.1, 0.15) is 0 Å². The molecule has 86 valence electrons. The maximum Gasteiger partial charge on any atom is 0.404 e. The minimum absolute atomic E-state index is 0.346. The minimum Gasteiger partial charge on any atom is -0.465 e. The fourth-order valence-electron chi connectivity index (χ4n) is 2.26. The van der Waals surface area contributed by atoms with Gasteiger partial charge in [0.05, 0.1) is 0 Å². The van der Waals surface area contributed by atoms with Crippen LogP contribution in [0, 0.1) is 5.92 Å². The van der Waals surface area contributed by atoms with Gasteiger partial charge in [0, 0.05) is 25.6 Å². The van der Waals surface area contributed by atoms with E-state index in [9.17, 15) is 4.79 Å². The molecule has 1 aromatic rings. The number of amides is 1. The van der Waals surface area contributed by atoms with Crippen LogP contribution in [-0.4, -0.2) is 30.8 Å². The normalized spacial score (nSPS) is 24.2. The second-order valence-corrected chi connectivity index (χ2v) is 4.12. The number of hydrogen-bond donors (Lipinski definition) is 3. The van der Waals surface area contributed by atoms with Crippen LogP contribution < -0.4 is 10.6 Å². The van der Waals surface area contributed by atoms with Crippen LogP contribution in [0.3, 0.4) is 0 Å². The van der Waals surface area contributed by atoms with E-state index in [2.05, 4.69) is 22.8 Å². The molecule has 16 heavy (non-hydrogen) atoms. The van der Waals surface area contributed by atoms with Gasteiger partial charge in [-0.25, -0.2) is 4.79 Å². The molecule has 4 heteroatoms. The summed E-state index contributed by atoms with van der Waals surface area (Å²) in [5, 5.41) is 14.4. The Morgan fingerprint density at radius 2 is 2.12 bits per heavy atom. The number of benzene rings is 1. The molecule has 0 saturated carbocycles. The molecule has 1 aliphatic heterocycles. The molecular weight excluding hydrogens is 204 g/mol. The summed E-state index contributed by atoms with van der Waals surface area (Å²) in [6.45, 7) is 2.32. The van der Waals surface area contributed by atoms with Crippen molar-refractivity contribution in [2.75, 3.05) is 19.6 Å². The third-order valence-electron chi connectivity index (χ3n) is 3.08. The molecule has 1 aromatic carbocycles. The molecular formula is C12H16N2O2. The van der Waals surface area contributed by atoms with Crippen molar-refractivity contribution in [1.82, 2.24) is 10.6 Å². The predicted molar refractivity (Wildman–Crippen MR) is 61.6 cm³/mol. The van der Waals surface area contributed by atoms with Gasteiger partial charge in [-0.1, -0.05) is 30.3 Å². The monoisotopic (exact) mass is 220 g/mol. The quantitative estimate of drug-likeness (QED) is 0.718. The predicted octanol–water partition coefficient (Wildman–Crippen LogP) is 1.26. The van der Waals surface area contributed by atoms with Crippen LogP contribution in [0.2, 0.25) is 0 Å². The molecule has 4 nitrogen and oxygen atoms in total. The second kappa shape index (κ2) is 4.99. The van der Waals surface area contributed by atoms with E-state index in [-0.39, 0.29) is 0 Å². The Labute approximate surface area is 94.7 Å². The average molecular weight is 220 g/mol. The van der Waals surface area contributed by atoms with Gasteiger partial charge < -0.3 is 15.7 Å². The molecule has 0 aliphatic carbocycles. The maximum atomic E-state index is 10.5. The summed E-state index contributed by atoms with van der Waals surface area (Å²) >= 11 is 0. The first kappa shape index (κ1) is 11.0. The summed E-state index contributed by atoms with van der Waals surface area (Å²) in [5.41, 5.74) is 1.28. The van der Waals surface area contributed by atoms with Gasteiger partial charge in [-0.05, 0) is 11.5 Å². The first-order chi connectivity index (χ1) is 7.77. The number of rotatable bonds is 3. The largest absolute Gasteiger partial charge is 0.465 e. The van der Waals surface area contributed by atoms with Crippen molar-refractivity contribution in [3.63, 3.8) is 0 Å². The van der Waals surface area contributed by atoms with Gasteiger partial charge >= 0.3 is 6.09 Å². The fraction of sp³-hybridized carbons (Fsp3) is 0.417. The van der Waals surface area contributed by atoms with E-state index < -0.39 is 6.09 Å². The standard InChI is InChI=1S/C12H16N2O2/c15-12(16)14-7-10-6-13-8-11(10)9-4-2-1-3-5-9/h1-5,10-11,13-14H,6-8H2,(H,15,16)/t10?,11-/m1/s1. The Morgan fingerprint density at radius 1 is 1.38 bits per heavy atom. The lowest BCUT2D eigenvalue weighted by Gasteiger charge is -2.18. The Bertz CT molecular complexity index is 353. The zero-order valence-electron chi connectivity index (χ0n) is 9.02. The molecule has 1 heterocycles.